The molecule has 0 unspecified atom stereocenters. The van der Waals surface area contributed by atoms with Crippen LogP contribution in [0.2, 0.25) is 0 Å². The van der Waals surface area contributed by atoms with Crippen molar-refractivity contribution in [3.05, 3.63) is 188 Å². The van der Waals surface area contributed by atoms with Crippen LogP contribution in [-0.4, -0.2) is 14.4 Å². The van der Waals surface area contributed by atoms with Gasteiger partial charge in [-0.25, -0.2) is 9.97 Å². The predicted molar refractivity (Wildman–Crippen MR) is 213 cm³/mol. The average Bonchev–Trinajstić information content (AvgIpc) is 3.60. The second kappa shape index (κ2) is 11.9. The van der Waals surface area contributed by atoms with Crippen LogP contribution in [0.5, 0.6) is 0 Å². The zero-order chi connectivity index (χ0) is 33.7. The van der Waals surface area contributed by atoms with E-state index in [0.29, 0.717) is 0 Å². The standard InChI is InChI=1S/C48H31N3/c1-4-12-37-27-40(23-16-32(37)9-1)43-30-44(49-45(31-43)41-24-17-33-10-2-5-13-38(33)28-41)35-19-21-36(22-20-35)47-48(51-26-8-7-15-46(51)50-47)42-25-18-34-11-3-6-14-39(34)29-42/h1-31H. The van der Waals surface area contributed by atoms with E-state index in [0.717, 1.165) is 56.2 Å². The van der Waals surface area contributed by atoms with Gasteiger partial charge in [0.2, 0.25) is 0 Å². The summed E-state index contributed by atoms with van der Waals surface area (Å²) in [6.45, 7) is 0. The van der Waals surface area contributed by atoms with E-state index in [2.05, 4.69) is 187 Å². The van der Waals surface area contributed by atoms with Crippen molar-refractivity contribution in [3.8, 4) is 56.2 Å². The van der Waals surface area contributed by atoms with Gasteiger partial charge in [0, 0.05) is 28.5 Å². The monoisotopic (exact) mass is 649 g/mol. The summed E-state index contributed by atoms with van der Waals surface area (Å²) >= 11 is 0. The molecule has 0 fully saturated rings. The van der Waals surface area contributed by atoms with Gasteiger partial charge in [-0.1, -0.05) is 140 Å². The van der Waals surface area contributed by atoms with Crippen molar-refractivity contribution in [1.29, 1.82) is 0 Å². The van der Waals surface area contributed by atoms with Crippen LogP contribution in [0.3, 0.4) is 0 Å². The van der Waals surface area contributed by atoms with Crippen LogP contribution in [0, 0.1) is 0 Å². The Kier molecular flexibility index (Phi) is 6.81. The Morgan fingerprint density at radius 2 is 0.784 bits per heavy atom. The van der Waals surface area contributed by atoms with Crippen molar-refractivity contribution in [1.82, 2.24) is 14.4 Å². The third kappa shape index (κ3) is 5.24. The Balaban J connectivity index is 1.10. The van der Waals surface area contributed by atoms with Crippen molar-refractivity contribution < 1.29 is 0 Å². The van der Waals surface area contributed by atoms with Crippen molar-refractivity contribution in [3.63, 3.8) is 0 Å². The van der Waals surface area contributed by atoms with Crippen LogP contribution < -0.4 is 0 Å². The molecule has 10 aromatic rings. The van der Waals surface area contributed by atoms with Crippen LogP contribution in [0.25, 0.3) is 94.1 Å². The first kappa shape index (κ1) is 29.1. The Labute approximate surface area is 295 Å². The van der Waals surface area contributed by atoms with Crippen molar-refractivity contribution in [2.24, 2.45) is 0 Å². The van der Waals surface area contributed by atoms with Crippen LogP contribution >= 0.6 is 0 Å². The van der Waals surface area contributed by atoms with Crippen LogP contribution in [-0.2, 0) is 0 Å². The summed E-state index contributed by atoms with van der Waals surface area (Å²) in [5, 5.41) is 7.31. The normalized spacial score (nSPS) is 11.5. The Morgan fingerprint density at radius 1 is 0.314 bits per heavy atom. The second-order valence-electron chi connectivity index (χ2n) is 13.1. The van der Waals surface area contributed by atoms with Gasteiger partial charge in [0.15, 0.2) is 0 Å². The molecule has 0 saturated carbocycles. The smallest absolute Gasteiger partial charge is 0.137 e. The number of imidazole rings is 1. The Bertz CT molecular complexity index is 2820. The molecule has 238 valence electrons. The van der Waals surface area contributed by atoms with E-state index in [1.807, 2.05) is 6.07 Å². The minimum absolute atomic E-state index is 0.921. The van der Waals surface area contributed by atoms with Gasteiger partial charge in [-0.3, -0.25) is 4.40 Å². The molecule has 3 heteroatoms. The van der Waals surface area contributed by atoms with Crippen LogP contribution in [0.4, 0.5) is 0 Å². The third-order valence-corrected chi connectivity index (χ3v) is 9.96. The summed E-state index contributed by atoms with van der Waals surface area (Å²) < 4.78 is 2.19. The zero-order valence-corrected chi connectivity index (χ0v) is 27.7. The molecule has 0 aliphatic carbocycles. The third-order valence-electron chi connectivity index (χ3n) is 9.96. The number of fused-ring (bicyclic) bond motifs is 4. The molecule has 0 atom stereocenters. The molecule has 7 aromatic carbocycles. The number of rotatable bonds is 5. The largest absolute Gasteiger partial charge is 0.299 e. The van der Waals surface area contributed by atoms with E-state index in [-0.39, 0.29) is 0 Å². The quantitative estimate of drug-likeness (QED) is 0.186. The number of benzene rings is 7. The first-order valence-corrected chi connectivity index (χ1v) is 17.3. The number of hydrogen-bond acceptors (Lipinski definition) is 2. The SMILES string of the molecule is c1ccc2cc(-c3cc(-c4ccc(-c5nc6ccccn6c5-c5ccc6ccccc6c5)cc4)nc(-c4ccc5ccccc5c4)c3)ccc2c1. The minimum Gasteiger partial charge on any atom is -0.299 e. The molecule has 0 aliphatic rings. The number of hydrogen-bond donors (Lipinski definition) is 0. The van der Waals surface area contributed by atoms with Gasteiger partial charge in [0.1, 0.15) is 5.65 Å². The average molecular weight is 650 g/mol. The van der Waals surface area contributed by atoms with E-state index in [1.165, 1.54) is 37.9 Å². The first-order valence-electron chi connectivity index (χ1n) is 17.3. The fraction of sp³-hybridized carbons (Fsp3) is 0. The second-order valence-corrected chi connectivity index (χ2v) is 13.1. The molecule has 0 saturated heterocycles. The van der Waals surface area contributed by atoms with Crippen molar-refractivity contribution in [2.75, 3.05) is 0 Å². The summed E-state index contributed by atoms with van der Waals surface area (Å²) in [4.78, 5) is 10.4. The fourth-order valence-corrected chi connectivity index (χ4v) is 7.32. The first-order chi connectivity index (χ1) is 25.2. The molecular formula is C48H31N3. The molecule has 0 aliphatic heterocycles. The topological polar surface area (TPSA) is 30.2 Å². The molecule has 0 spiro atoms. The molecule has 0 bridgehead atoms. The van der Waals surface area contributed by atoms with E-state index in [9.17, 15) is 0 Å². The van der Waals surface area contributed by atoms with Gasteiger partial charge in [-0.05, 0) is 85.9 Å². The molecule has 3 nitrogen and oxygen atoms in total. The van der Waals surface area contributed by atoms with Gasteiger partial charge in [-0.2, -0.15) is 0 Å². The van der Waals surface area contributed by atoms with Crippen LogP contribution in [0.15, 0.2) is 188 Å². The highest BCUT2D eigenvalue weighted by Gasteiger charge is 2.17. The molecule has 0 N–H and O–H groups in total. The van der Waals surface area contributed by atoms with Gasteiger partial charge >= 0.3 is 0 Å². The molecule has 51 heavy (non-hydrogen) atoms. The molecule has 0 radical (unpaired) electrons. The number of nitrogens with zero attached hydrogens (tertiary/aromatic N) is 3. The molecular weight excluding hydrogens is 619 g/mol. The van der Waals surface area contributed by atoms with Gasteiger partial charge in [0.25, 0.3) is 0 Å². The van der Waals surface area contributed by atoms with Gasteiger partial charge < -0.3 is 0 Å². The van der Waals surface area contributed by atoms with Gasteiger partial charge in [0.05, 0.1) is 22.8 Å². The van der Waals surface area contributed by atoms with Crippen molar-refractivity contribution in [2.45, 2.75) is 0 Å². The lowest BCUT2D eigenvalue weighted by atomic mass is 9.96. The maximum atomic E-state index is 5.28. The molecule has 3 heterocycles. The minimum atomic E-state index is 0.921. The summed E-state index contributed by atoms with van der Waals surface area (Å²) in [7, 11) is 0. The zero-order valence-electron chi connectivity index (χ0n) is 27.7. The lowest BCUT2D eigenvalue weighted by Crippen LogP contribution is -1.92. The van der Waals surface area contributed by atoms with E-state index < -0.39 is 0 Å². The Hall–Kier alpha value is -6.84. The van der Waals surface area contributed by atoms with Crippen molar-refractivity contribution >= 4 is 38.0 Å². The van der Waals surface area contributed by atoms with E-state index in [4.69, 9.17) is 9.97 Å². The summed E-state index contributed by atoms with van der Waals surface area (Å²) in [6, 6.07) is 64.8. The maximum Gasteiger partial charge on any atom is 0.137 e. The van der Waals surface area contributed by atoms with Gasteiger partial charge in [-0.15, -0.1) is 0 Å². The summed E-state index contributed by atoms with van der Waals surface area (Å²) in [5.74, 6) is 0. The molecule has 10 rings (SSSR count). The number of aromatic nitrogens is 3. The Morgan fingerprint density at radius 3 is 1.43 bits per heavy atom. The maximum absolute atomic E-state index is 5.28. The number of pyridine rings is 2. The molecule has 0 amide bonds. The fourth-order valence-electron chi connectivity index (χ4n) is 7.32. The predicted octanol–water partition coefficient (Wildman–Crippen LogP) is 12.5. The summed E-state index contributed by atoms with van der Waals surface area (Å²) in [6.07, 6.45) is 2.10. The van der Waals surface area contributed by atoms with E-state index >= 15 is 0 Å². The lowest BCUT2D eigenvalue weighted by molar-refractivity contribution is 1.19. The molecule has 3 aromatic heterocycles. The summed E-state index contributed by atoms with van der Waals surface area (Å²) in [5.41, 5.74) is 11.5. The highest BCUT2D eigenvalue weighted by molar-refractivity contribution is 5.92. The van der Waals surface area contributed by atoms with Crippen LogP contribution in [0.1, 0.15) is 0 Å². The van der Waals surface area contributed by atoms with E-state index in [1.54, 1.807) is 0 Å². The highest BCUT2D eigenvalue weighted by Crippen LogP contribution is 2.37. The highest BCUT2D eigenvalue weighted by atomic mass is 15.0. The lowest BCUT2D eigenvalue weighted by Gasteiger charge is -2.12.